The molecule has 1 aromatic rings. The van der Waals surface area contributed by atoms with Crippen molar-refractivity contribution < 1.29 is 4.39 Å². The van der Waals surface area contributed by atoms with E-state index in [1.807, 2.05) is 6.07 Å². The van der Waals surface area contributed by atoms with Crippen LogP contribution in [-0.2, 0) is 6.54 Å². The monoisotopic (exact) mass is 238 g/mol. The summed E-state index contributed by atoms with van der Waals surface area (Å²) in [4.78, 5) is 2.07. The highest BCUT2D eigenvalue weighted by Gasteiger charge is 2.12. The lowest BCUT2D eigenvalue weighted by Crippen LogP contribution is -2.26. The Morgan fingerprint density at radius 2 is 1.88 bits per heavy atom. The maximum atomic E-state index is 13.9. The van der Waals surface area contributed by atoms with Crippen molar-refractivity contribution in [1.82, 2.24) is 5.32 Å². The Labute approximate surface area is 104 Å². The molecule has 0 amide bonds. The molecule has 96 valence electrons. The SMILES string of the molecule is CCCNCc1cccc(F)c1N(CC)CC. The van der Waals surface area contributed by atoms with E-state index in [1.54, 1.807) is 6.07 Å². The summed E-state index contributed by atoms with van der Waals surface area (Å²) in [6.07, 6.45) is 1.09. The quantitative estimate of drug-likeness (QED) is 0.734. The highest BCUT2D eigenvalue weighted by Crippen LogP contribution is 2.24. The Morgan fingerprint density at radius 1 is 1.18 bits per heavy atom. The van der Waals surface area contributed by atoms with Crippen molar-refractivity contribution in [2.75, 3.05) is 24.5 Å². The predicted molar refractivity (Wildman–Crippen MR) is 72.0 cm³/mol. The fourth-order valence-electron chi connectivity index (χ4n) is 2.00. The first kappa shape index (κ1) is 14.0. The molecule has 0 bridgehead atoms. The van der Waals surface area contributed by atoms with Gasteiger partial charge in [-0.15, -0.1) is 0 Å². The van der Waals surface area contributed by atoms with Gasteiger partial charge in [0.05, 0.1) is 5.69 Å². The van der Waals surface area contributed by atoms with Gasteiger partial charge in [0.15, 0.2) is 0 Å². The summed E-state index contributed by atoms with van der Waals surface area (Å²) in [5.74, 6) is -0.121. The Morgan fingerprint density at radius 3 is 2.47 bits per heavy atom. The third kappa shape index (κ3) is 3.70. The number of nitrogens with zero attached hydrogens (tertiary/aromatic N) is 1. The van der Waals surface area contributed by atoms with E-state index in [2.05, 4.69) is 31.0 Å². The zero-order valence-corrected chi connectivity index (χ0v) is 11.1. The first-order chi connectivity index (χ1) is 8.24. The maximum absolute atomic E-state index is 13.9. The molecule has 0 spiro atoms. The van der Waals surface area contributed by atoms with Crippen LogP contribution < -0.4 is 10.2 Å². The number of halogens is 1. The van der Waals surface area contributed by atoms with Crippen LogP contribution in [0.3, 0.4) is 0 Å². The van der Waals surface area contributed by atoms with Crippen molar-refractivity contribution in [3.05, 3.63) is 29.6 Å². The lowest BCUT2D eigenvalue weighted by atomic mass is 10.1. The summed E-state index contributed by atoms with van der Waals surface area (Å²) in [7, 11) is 0. The van der Waals surface area contributed by atoms with E-state index in [0.717, 1.165) is 43.9 Å². The van der Waals surface area contributed by atoms with Crippen molar-refractivity contribution in [2.24, 2.45) is 0 Å². The lowest BCUT2D eigenvalue weighted by Gasteiger charge is -2.24. The van der Waals surface area contributed by atoms with Gasteiger partial charge in [-0.1, -0.05) is 19.1 Å². The highest BCUT2D eigenvalue weighted by molar-refractivity contribution is 5.54. The van der Waals surface area contributed by atoms with Gasteiger partial charge in [0, 0.05) is 19.6 Å². The van der Waals surface area contributed by atoms with E-state index in [1.165, 1.54) is 6.07 Å². The van der Waals surface area contributed by atoms with Gasteiger partial charge < -0.3 is 10.2 Å². The van der Waals surface area contributed by atoms with Gasteiger partial charge in [-0.2, -0.15) is 0 Å². The molecule has 0 aliphatic carbocycles. The largest absolute Gasteiger partial charge is 0.369 e. The molecule has 0 aliphatic rings. The number of rotatable bonds is 7. The van der Waals surface area contributed by atoms with Crippen molar-refractivity contribution in [2.45, 2.75) is 33.7 Å². The predicted octanol–water partition coefficient (Wildman–Crippen LogP) is 3.17. The molecule has 1 N–H and O–H groups in total. The van der Waals surface area contributed by atoms with E-state index >= 15 is 0 Å². The van der Waals surface area contributed by atoms with Gasteiger partial charge in [-0.3, -0.25) is 0 Å². The van der Waals surface area contributed by atoms with Gasteiger partial charge in [0.1, 0.15) is 5.82 Å². The molecule has 0 fully saturated rings. The standard InChI is InChI=1S/C14H23FN2/c1-4-10-16-11-12-8-7-9-13(15)14(12)17(5-2)6-3/h7-9,16H,4-6,10-11H2,1-3H3. The van der Waals surface area contributed by atoms with E-state index in [9.17, 15) is 4.39 Å². The van der Waals surface area contributed by atoms with Crippen molar-refractivity contribution in [1.29, 1.82) is 0 Å². The Balaban J connectivity index is 2.91. The zero-order valence-electron chi connectivity index (χ0n) is 11.1. The normalized spacial score (nSPS) is 10.6. The molecule has 0 radical (unpaired) electrons. The fourth-order valence-corrected chi connectivity index (χ4v) is 2.00. The zero-order chi connectivity index (χ0) is 12.7. The van der Waals surface area contributed by atoms with Crippen LogP contribution in [0.5, 0.6) is 0 Å². The molecule has 1 rings (SSSR count). The van der Waals surface area contributed by atoms with Crippen LogP contribution in [0.25, 0.3) is 0 Å². The van der Waals surface area contributed by atoms with E-state index in [4.69, 9.17) is 0 Å². The molecule has 0 aromatic heterocycles. The average molecular weight is 238 g/mol. The second kappa shape index (κ2) is 7.28. The van der Waals surface area contributed by atoms with Crippen molar-refractivity contribution in [3.8, 4) is 0 Å². The van der Waals surface area contributed by atoms with Crippen LogP contribution in [0, 0.1) is 5.82 Å². The highest BCUT2D eigenvalue weighted by atomic mass is 19.1. The smallest absolute Gasteiger partial charge is 0.146 e. The maximum Gasteiger partial charge on any atom is 0.146 e. The van der Waals surface area contributed by atoms with E-state index in [-0.39, 0.29) is 5.82 Å². The number of hydrogen-bond donors (Lipinski definition) is 1. The average Bonchev–Trinajstić information content (AvgIpc) is 2.34. The summed E-state index contributed by atoms with van der Waals surface area (Å²) < 4.78 is 13.9. The summed E-state index contributed by atoms with van der Waals surface area (Å²) in [6, 6.07) is 5.32. The van der Waals surface area contributed by atoms with Gasteiger partial charge in [-0.25, -0.2) is 4.39 Å². The summed E-state index contributed by atoms with van der Waals surface area (Å²) in [6.45, 7) is 9.60. The molecule has 0 aliphatic heterocycles. The van der Waals surface area contributed by atoms with E-state index < -0.39 is 0 Å². The summed E-state index contributed by atoms with van der Waals surface area (Å²) >= 11 is 0. The molecule has 0 atom stereocenters. The van der Waals surface area contributed by atoms with Gasteiger partial charge in [0.25, 0.3) is 0 Å². The van der Waals surface area contributed by atoms with Crippen molar-refractivity contribution >= 4 is 5.69 Å². The molecular formula is C14H23FN2. The second-order valence-corrected chi connectivity index (χ2v) is 4.10. The Hall–Kier alpha value is -1.09. The third-order valence-electron chi connectivity index (χ3n) is 2.89. The van der Waals surface area contributed by atoms with Crippen LogP contribution >= 0.6 is 0 Å². The first-order valence-electron chi connectivity index (χ1n) is 6.47. The number of para-hydroxylation sites is 1. The van der Waals surface area contributed by atoms with Gasteiger partial charge >= 0.3 is 0 Å². The van der Waals surface area contributed by atoms with Crippen LogP contribution in [0.4, 0.5) is 10.1 Å². The van der Waals surface area contributed by atoms with Crippen molar-refractivity contribution in [3.63, 3.8) is 0 Å². The molecular weight excluding hydrogens is 215 g/mol. The molecule has 2 nitrogen and oxygen atoms in total. The number of anilines is 1. The fraction of sp³-hybridized carbons (Fsp3) is 0.571. The number of hydrogen-bond acceptors (Lipinski definition) is 2. The van der Waals surface area contributed by atoms with E-state index in [0.29, 0.717) is 0 Å². The molecule has 17 heavy (non-hydrogen) atoms. The minimum atomic E-state index is -0.121. The first-order valence-corrected chi connectivity index (χ1v) is 6.47. The summed E-state index contributed by atoms with van der Waals surface area (Å²) in [5, 5.41) is 3.33. The van der Waals surface area contributed by atoms with Crippen LogP contribution in [0.15, 0.2) is 18.2 Å². The molecule has 0 saturated heterocycles. The van der Waals surface area contributed by atoms with Gasteiger partial charge in [0.2, 0.25) is 0 Å². The minimum absolute atomic E-state index is 0.121. The molecule has 0 heterocycles. The topological polar surface area (TPSA) is 15.3 Å². The third-order valence-corrected chi connectivity index (χ3v) is 2.89. The van der Waals surface area contributed by atoms with Gasteiger partial charge in [-0.05, 0) is 38.4 Å². The Bertz CT molecular complexity index is 335. The van der Waals surface area contributed by atoms with Crippen LogP contribution in [0.2, 0.25) is 0 Å². The van der Waals surface area contributed by atoms with Crippen LogP contribution in [0.1, 0.15) is 32.8 Å². The second-order valence-electron chi connectivity index (χ2n) is 4.10. The molecule has 3 heteroatoms. The number of benzene rings is 1. The number of nitrogens with one attached hydrogen (secondary N) is 1. The molecule has 1 aromatic carbocycles. The Kier molecular flexibility index (Phi) is 5.98. The minimum Gasteiger partial charge on any atom is -0.369 e. The molecule has 0 saturated carbocycles. The van der Waals surface area contributed by atoms with Crippen LogP contribution in [-0.4, -0.2) is 19.6 Å². The molecule has 0 unspecified atom stereocenters. The lowest BCUT2D eigenvalue weighted by molar-refractivity contribution is 0.610. The summed E-state index contributed by atoms with van der Waals surface area (Å²) in [5.41, 5.74) is 1.79.